The maximum Gasteiger partial charge on any atom is 0.253 e. The summed E-state index contributed by atoms with van der Waals surface area (Å²) in [5.74, 6) is 1.65. The molecule has 2 fully saturated rings. The number of benzene rings is 1. The summed E-state index contributed by atoms with van der Waals surface area (Å²) in [5.41, 5.74) is 0.639. The molecule has 1 atom stereocenters. The van der Waals surface area contributed by atoms with E-state index in [1.807, 2.05) is 30.0 Å². The third-order valence-electron chi connectivity index (χ3n) is 6.70. The van der Waals surface area contributed by atoms with Gasteiger partial charge in [0.2, 0.25) is 0 Å². The highest BCUT2D eigenvalue weighted by Gasteiger charge is 2.28. The molecule has 2 heterocycles. The van der Waals surface area contributed by atoms with Crippen molar-refractivity contribution in [3.8, 4) is 11.5 Å². The number of hydrogen-bond acceptors (Lipinski definition) is 5. The van der Waals surface area contributed by atoms with Crippen LogP contribution >= 0.6 is 0 Å². The molecule has 0 aromatic heterocycles. The van der Waals surface area contributed by atoms with Gasteiger partial charge in [0.05, 0.1) is 13.2 Å². The van der Waals surface area contributed by atoms with E-state index in [0.29, 0.717) is 42.1 Å². The lowest BCUT2D eigenvalue weighted by atomic mass is 9.90. The van der Waals surface area contributed by atoms with Crippen LogP contribution in [0.15, 0.2) is 18.2 Å². The lowest BCUT2D eigenvalue weighted by Crippen LogP contribution is -2.42. The number of carbonyl (C=O) groups is 1. The van der Waals surface area contributed by atoms with E-state index >= 15 is 0 Å². The van der Waals surface area contributed by atoms with Crippen LogP contribution in [-0.4, -0.2) is 72.4 Å². The van der Waals surface area contributed by atoms with Crippen molar-refractivity contribution in [1.29, 1.82) is 0 Å². The lowest BCUT2D eigenvalue weighted by molar-refractivity contribution is 0.0453. The van der Waals surface area contributed by atoms with Gasteiger partial charge in [0.15, 0.2) is 11.5 Å². The minimum atomic E-state index is -0.259. The van der Waals surface area contributed by atoms with Gasteiger partial charge in [-0.05, 0) is 70.1 Å². The number of piperidine rings is 2. The highest BCUT2D eigenvalue weighted by Crippen LogP contribution is 2.32. The summed E-state index contributed by atoms with van der Waals surface area (Å²) in [5, 5.41) is 10.1. The monoisotopic (exact) mass is 418 g/mol. The Hall–Kier alpha value is -1.79. The van der Waals surface area contributed by atoms with Gasteiger partial charge in [-0.2, -0.15) is 0 Å². The molecule has 0 aliphatic carbocycles. The number of ether oxygens (including phenoxy) is 2. The number of nitrogens with zero attached hydrogens (tertiary/aromatic N) is 2. The van der Waals surface area contributed by atoms with Crippen LogP contribution in [0.2, 0.25) is 0 Å². The van der Waals surface area contributed by atoms with Gasteiger partial charge in [0, 0.05) is 37.8 Å². The number of likely N-dealkylation sites (tertiary alicyclic amines) is 2. The number of amides is 1. The number of rotatable bonds is 7. The molecule has 6 nitrogen and oxygen atoms in total. The van der Waals surface area contributed by atoms with Crippen LogP contribution in [0.3, 0.4) is 0 Å². The second-order valence-corrected chi connectivity index (χ2v) is 8.92. The maximum atomic E-state index is 13.1. The van der Waals surface area contributed by atoms with E-state index in [4.69, 9.17) is 9.47 Å². The molecule has 3 rings (SSSR count). The van der Waals surface area contributed by atoms with Crippen molar-refractivity contribution >= 4 is 5.91 Å². The minimum absolute atomic E-state index is 0.0292. The average Bonchev–Trinajstić information content (AvgIpc) is 2.78. The van der Waals surface area contributed by atoms with E-state index in [1.165, 1.54) is 0 Å². The fraction of sp³-hybridized carbons (Fsp3) is 0.708. The number of methoxy groups -OCH3 is 1. The fourth-order valence-electron chi connectivity index (χ4n) is 4.59. The first-order valence-corrected chi connectivity index (χ1v) is 11.5. The summed E-state index contributed by atoms with van der Waals surface area (Å²) in [6.07, 6.45) is 4.33. The summed E-state index contributed by atoms with van der Waals surface area (Å²) in [7, 11) is 1.63. The number of hydrogen-bond donors (Lipinski definition) is 1. The molecule has 1 aromatic rings. The number of aliphatic hydroxyl groups excluding tert-OH is 1. The predicted octanol–water partition coefficient (Wildman–Crippen LogP) is 3.57. The van der Waals surface area contributed by atoms with Gasteiger partial charge in [-0.25, -0.2) is 0 Å². The molecule has 1 amide bonds. The van der Waals surface area contributed by atoms with Crippen molar-refractivity contribution in [1.82, 2.24) is 9.80 Å². The Kier molecular flexibility index (Phi) is 8.00. The third kappa shape index (κ3) is 5.46. The van der Waals surface area contributed by atoms with Crippen LogP contribution in [0.5, 0.6) is 11.5 Å². The Balaban J connectivity index is 1.63. The molecule has 1 N–H and O–H groups in total. The molecule has 1 aromatic carbocycles. The van der Waals surface area contributed by atoms with Crippen molar-refractivity contribution in [2.75, 3.05) is 33.3 Å². The molecule has 0 saturated carbocycles. The van der Waals surface area contributed by atoms with E-state index < -0.39 is 0 Å². The Bertz CT molecular complexity index is 692. The van der Waals surface area contributed by atoms with Crippen LogP contribution in [-0.2, 0) is 0 Å². The van der Waals surface area contributed by atoms with Crippen LogP contribution in [0, 0.1) is 5.92 Å². The summed E-state index contributed by atoms with van der Waals surface area (Å²) in [6.45, 7) is 9.90. The standard InChI is InChI=1S/C24H38N2O4/c1-5-21(27)18-8-12-26(13-9-18)24(28)19-6-7-22(29-4)23(16-19)30-20-10-14-25(15-11-20)17(2)3/h6-7,16-18,20-21,27H,5,8-15H2,1-4H3/t21-/m0/s1. The molecule has 6 heteroatoms. The largest absolute Gasteiger partial charge is 0.493 e. The molecular weight excluding hydrogens is 380 g/mol. The highest BCUT2D eigenvalue weighted by molar-refractivity contribution is 5.95. The molecule has 2 saturated heterocycles. The van der Waals surface area contributed by atoms with Crippen LogP contribution in [0.25, 0.3) is 0 Å². The first kappa shape index (κ1) is 22.9. The molecule has 0 bridgehead atoms. The highest BCUT2D eigenvalue weighted by atomic mass is 16.5. The van der Waals surface area contributed by atoms with Gasteiger partial charge >= 0.3 is 0 Å². The molecule has 168 valence electrons. The second-order valence-electron chi connectivity index (χ2n) is 8.92. The molecule has 30 heavy (non-hydrogen) atoms. The van der Waals surface area contributed by atoms with E-state index in [0.717, 1.165) is 45.2 Å². The normalized spacial score (nSPS) is 20.4. The van der Waals surface area contributed by atoms with Crippen molar-refractivity contribution in [3.63, 3.8) is 0 Å². The Morgan fingerprint density at radius 3 is 2.33 bits per heavy atom. The topological polar surface area (TPSA) is 62.2 Å². The second kappa shape index (κ2) is 10.5. The Morgan fingerprint density at radius 1 is 1.10 bits per heavy atom. The van der Waals surface area contributed by atoms with Crippen molar-refractivity contribution in [3.05, 3.63) is 23.8 Å². The van der Waals surface area contributed by atoms with Crippen LogP contribution < -0.4 is 9.47 Å². The van der Waals surface area contributed by atoms with Gasteiger partial charge in [0.1, 0.15) is 6.10 Å². The molecular formula is C24H38N2O4. The molecule has 2 aliphatic heterocycles. The zero-order chi connectivity index (χ0) is 21.7. The molecule has 0 spiro atoms. The van der Waals surface area contributed by atoms with E-state index in [2.05, 4.69) is 18.7 Å². The van der Waals surface area contributed by atoms with E-state index in [9.17, 15) is 9.90 Å². The summed E-state index contributed by atoms with van der Waals surface area (Å²) >= 11 is 0. The van der Waals surface area contributed by atoms with Crippen LogP contribution in [0.1, 0.15) is 63.2 Å². The van der Waals surface area contributed by atoms with Crippen molar-refractivity contribution in [2.45, 2.75) is 71.1 Å². The quantitative estimate of drug-likeness (QED) is 0.733. The predicted molar refractivity (Wildman–Crippen MR) is 118 cm³/mol. The summed E-state index contributed by atoms with van der Waals surface area (Å²) in [4.78, 5) is 17.4. The first-order valence-electron chi connectivity index (χ1n) is 11.5. The summed E-state index contributed by atoms with van der Waals surface area (Å²) in [6, 6.07) is 6.05. The van der Waals surface area contributed by atoms with Gasteiger partial charge < -0.3 is 24.4 Å². The number of aliphatic hydroxyl groups is 1. The Labute approximate surface area is 181 Å². The molecule has 0 radical (unpaired) electrons. The summed E-state index contributed by atoms with van der Waals surface area (Å²) < 4.78 is 11.8. The molecule has 0 unspecified atom stereocenters. The van der Waals surface area contributed by atoms with Gasteiger partial charge in [0.25, 0.3) is 5.91 Å². The smallest absolute Gasteiger partial charge is 0.253 e. The SMILES string of the molecule is CC[C@H](O)C1CCN(C(=O)c2ccc(OC)c(OC3CCN(C(C)C)CC3)c2)CC1. The van der Waals surface area contributed by atoms with Gasteiger partial charge in [-0.3, -0.25) is 4.79 Å². The van der Waals surface area contributed by atoms with Crippen LogP contribution in [0.4, 0.5) is 0 Å². The van der Waals surface area contributed by atoms with Gasteiger partial charge in [-0.1, -0.05) is 6.92 Å². The average molecular weight is 419 g/mol. The first-order chi connectivity index (χ1) is 14.4. The van der Waals surface area contributed by atoms with E-state index in [-0.39, 0.29) is 18.1 Å². The van der Waals surface area contributed by atoms with Crippen molar-refractivity contribution in [2.24, 2.45) is 5.92 Å². The number of carbonyl (C=O) groups excluding carboxylic acids is 1. The van der Waals surface area contributed by atoms with Crippen molar-refractivity contribution < 1.29 is 19.4 Å². The zero-order valence-electron chi connectivity index (χ0n) is 19.0. The zero-order valence-corrected chi connectivity index (χ0v) is 19.0. The fourth-order valence-corrected chi connectivity index (χ4v) is 4.59. The molecule has 2 aliphatic rings. The minimum Gasteiger partial charge on any atom is -0.493 e. The van der Waals surface area contributed by atoms with Gasteiger partial charge in [-0.15, -0.1) is 0 Å². The van der Waals surface area contributed by atoms with E-state index in [1.54, 1.807) is 7.11 Å². The maximum absolute atomic E-state index is 13.1. The lowest BCUT2D eigenvalue weighted by Gasteiger charge is -2.35. The third-order valence-corrected chi connectivity index (χ3v) is 6.70. The Morgan fingerprint density at radius 2 is 1.77 bits per heavy atom.